The lowest BCUT2D eigenvalue weighted by molar-refractivity contribution is -0.129. The van der Waals surface area contributed by atoms with Crippen molar-refractivity contribution in [2.45, 2.75) is 32.9 Å². The molecule has 1 aliphatic rings. The van der Waals surface area contributed by atoms with Gasteiger partial charge in [0, 0.05) is 37.8 Å². The zero-order chi connectivity index (χ0) is 18.0. The predicted octanol–water partition coefficient (Wildman–Crippen LogP) is 1.95. The van der Waals surface area contributed by atoms with Crippen molar-refractivity contribution in [2.24, 2.45) is 13.0 Å². The summed E-state index contributed by atoms with van der Waals surface area (Å²) in [6.07, 6.45) is 2.05. The van der Waals surface area contributed by atoms with Crippen LogP contribution in [-0.4, -0.2) is 33.0 Å². The molecule has 0 bridgehead atoms. The number of benzene rings is 1. The third kappa shape index (κ3) is 3.73. The standard InChI is InChI=1S/C19H24N4O2/c1-13(17-10-20-22(3)14(17)2)21-19(25)16-9-18(24)23(12-16)11-15-7-5-4-6-8-15/h4-8,10,13,16H,9,11-12H2,1-3H3,(H,21,25)/t13-,16-/m1/s1. The molecular formula is C19H24N4O2. The average Bonchev–Trinajstić information content (AvgIpc) is 3.12. The highest BCUT2D eigenvalue weighted by Gasteiger charge is 2.34. The number of amides is 2. The molecule has 132 valence electrons. The first-order valence-corrected chi connectivity index (χ1v) is 8.56. The molecule has 6 heteroatoms. The largest absolute Gasteiger partial charge is 0.349 e. The van der Waals surface area contributed by atoms with Crippen LogP contribution in [0.1, 0.15) is 36.2 Å². The van der Waals surface area contributed by atoms with Gasteiger partial charge in [0.15, 0.2) is 0 Å². The summed E-state index contributed by atoms with van der Waals surface area (Å²) in [5.74, 6) is -0.329. The van der Waals surface area contributed by atoms with Crippen molar-refractivity contribution in [3.8, 4) is 0 Å². The number of carbonyl (C=O) groups excluding carboxylic acids is 2. The van der Waals surface area contributed by atoms with Crippen LogP contribution in [0.5, 0.6) is 0 Å². The van der Waals surface area contributed by atoms with Crippen LogP contribution in [0.3, 0.4) is 0 Å². The number of hydrogen-bond donors (Lipinski definition) is 1. The zero-order valence-electron chi connectivity index (χ0n) is 14.9. The fraction of sp³-hybridized carbons (Fsp3) is 0.421. The third-order valence-electron chi connectivity index (χ3n) is 4.90. The molecule has 0 radical (unpaired) electrons. The highest BCUT2D eigenvalue weighted by atomic mass is 16.2. The van der Waals surface area contributed by atoms with Crippen LogP contribution in [-0.2, 0) is 23.2 Å². The molecule has 3 rings (SSSR count). The Morgan fingerprint density at radius 2 is 2.08 bits per heavy atom. The highest BCUT2D eigenvalue weighted by molar-refractivity contribution is 5.89. The van der Waals surface area contributed by atoms with Crippen LogP contribution in [0.25, 0.3) is 0 Å². The number of aromatic nitrogens is 2. The summed E-state index contributed by atoms with van der Waals surface area (Å²) < 4.78 is 1.79. The molecule has 1 N–H and O–H groups in total. The first-order chi connectivity index (χ1) is 12.0. The van der Waals surface area contributed by atoms with E-state index >= 15 is 0 Å². The lowest BCUT2D eigenvalue weighted by Crippen LogP contribution is -2.34. The van der Waals surface area contributed by atoms with E-state index in [1.807, 2.05) is 51.2 Å². The maximum Gasteiger partial charge on any atom is 0.225 e. The fourth-order valence-electron chi connectivity index (χ4n) is 3.25. The predicted molar refractivity (Wildman–Crippen MR) is 94.5 cm³/mol. The van der Waals surface area contributed by atoms with Crippen molar-refractivity contribution in [3.05, 3.63) is 53.3 Å². The Morgan fingerprint density at radius 3 is 2.72 bits per heavy atom. The summed E-state index contributed by atoms with van der Waals surface area (Å²) >= 11 is 0. The molecule has 25 heavy (non-hydrogen) atoms. The topological polar surface area (TPSA) is 67.2 Å². The zero-order valence-corrected chi connectivity index (χ0v) is 14.9. The van der Waals surface area contributed by atoms with Gasteiger partial charge in [-0.25, -0.2) is 0 Å². The molecule has 0 unspecified atom stereocenters. The molecular weight excluding hydrogens is 316 g/mol. The van der Waals surface area contributed by atoms with Crippen LogP contribution in [0, 0.1) is 12.8 Å². The summed E-state index contributed by atoms with van der Waals surface area (Å²) in [6.45, 7) is 4.95. The third-order valence-corrected chi connectivity index (χ3v) is 4.90. The van der Waals surface area contributed by atoms with Crippen LogP contribution in [0.4, 0.5) is 0 Å². The Kier molecular flexibility index (Phi) is 4.88. The Hall–Kier alpha value is -2.63. The minimum Gasteiger partial charge on any atom is -0.349 e. The van der Waals surface area contributed by atoms with E-state index in [1.165, 1.54) is 0 Å². The van der Waals surface area contributed by atoms with Crippen molar-refractivity contribution in [2.75, 3.05) is 6.54 Å². The number of hydrogen-bond acceptors (Lipinski definition) is 3. The summed E-state index contributed by atoms with van der Waals surface area (Å²) in [4.78, 5) is 26.6. The van der Waals surface area contributed by atoms with Crippen molar-refractivity contribution < 1.29 is 9.59 Å². The Labute approximate surface area is 147 Å². The van der Waals surface area contributed by atoms with Crippen LogP contribution >= 0.6 is 0 Å². The van der Waals surface area contributed by atoms with E-state index in [9.17, 15) is 9.59 Å². The summed E-state index contributed by atoms with van der Waals surface area (Å²) in [7, 11) is 1.88. The first-order valence-electron chi connectivity index (χ1n) is 8.56. The van der Waals surface area contributed by atoms with E-state index in [1.54, 1.807) is 15.8 Å². The molecule has 1 aromatic heterocycles. The van der Waals surface area contributed by atoms with Crippen molar-refractivity contribution in [1.29, 1.82) is 0 Å². The van der Waals surface area contributed by atoms with E-state index in [2.05, 4.69) is 10.4 Å². The Bertz CT molecular complexity index is 769. The summed E-state index contributed by atoms with van der Waals surface area (Å²) in [6, 6.07) is 9.73. The van der Waals surface area contributed by atoms with Crippen molar-refractivity contribution in [3.63, 3.8) is 0 Å². The lowest BCUT2D eigenvalue weighted by atomic mass is 10.1. The summed E-state index contributed by atoms with van der Waals surface area (Å²) in [5.41, 5.74) is 3.11. The minimum atomic E-state index is -0.296. The number of nitrogens with one attached hydrogen (secondary N) is 1. The fourth-order valence-corrected chi connectivity index (χ4v) is 3.25. The van der Waals surface area contributed by atoms with Gasteiger partial charge in [0.25, 0.3) is 0 Å². The van der Waals surface area contributed by atoms with Gasteiger partial charge in [-0.2, -0.15) is 5.10 Å². The molecule has 1 aliphatic heterocycles. The molecule has 6 nitrogen and oxygen atoms in total. The Morgan fingerprint density at radius 1 is 1.36 bits per heavy atom. The van der Waals surface area contributed by atoms with Crippen molar-refractivity contribution >= 4 is 11.8 Å². The molecule has 1 aromatic carbocycles. The molecule has 1 saturated heterocycles. The van der Waals surface area contributed by atoms with E-state index < -0.39 is 0 Å². The quantitative estimate of drug-likeness (QED) is 0.905. The SMILES string of the molecule is Cc1c([C@@H](C)NC(=O)[C@@H]2CC(=O)N(Cc3ccccc3)C2)cnn1C. The molecule has 0 spiro atoms. The first kappa shape index (κ1) is 17.2. The van der Waals surface area contributed by atoms with Crippen LogP contribution in [0.15, 0.2) is 36.5 Å². The molecule has 1 fully saturated rings. The van der Waals surface area contributed by atoms with Gasteiger partial charge in [0.2, 0.25) is 11.8 Å². The maximum atomic E-state index is 12.6. The molecule has 0 aliphatic carbocycles. The van der Waals surface area contributed by atoms with Gasteiger partial charge >= 0.3 is 0 Å². The van der Waals surface area contributed by atoms with Crippen LogP contribution in [0.2, 0.25) is 0 Å². The second kappa shape index (κ2) is 7.09. The number of nitrogens with zero attached hydrogens (tertiary/aromatic N) is 3. The van der Waals surface area contributed by atoms with Crippen LogP contribution < -0.4 is 5.32 Å². The van der Waals surface area contributed by atoms with Gasteiger partial charge in [0.05, 0.1) is 18.2 Å². The van der Waals surface area contributed by atoms with E-state index in [-0.39, 0.29) is 30.2 Å². The van der Waals surface area contributed by atoms with Gasteiger partial charge in [-0.1, -0.05) is 30.3 Å². The average molecular weight is 340 g/mol. The van der Waals surface area contributed by atoms with E-state index in [0.717, 1.165) is 16.8 Å². The highest BCUT2D eigenvalue weighted by Crippen LogP contribution is 2.22. The van der Waals surface area contributed by atoms with Gasteiger partial charge < -0.3 is 10.2 Å². The molecule has 0 saturated carbocycles. The molecule has 2 atom stereocenters. The maximum absolute atomic E-state index is 12.6. The lowest BCUT2D eigenvalue weighted by Gasteiger charge is -2.18. The summed E-state index contributed by atoms with van der Waals surface area (Å²) in [5, 5.41) is 7.24. The van der Waals surface area contributed by atoms with E-state index in [4.69, 9.17) is 0 Å². The monoisotopic (exact) mass is 340 g/mol. The second-order valence-corrected chi connectivity index (χ2v) is 6.70. The van der Waals surface area contributed by atoms with Gasteiger partial charge in [-0.3, -0.25) is 14.3 Å². The minimum absolute atomic E-state index is 0.0363. The smallest absolute Gasteiger partial charge is 0.225 e. The molecule has 2 amide bonds. The number of likely N-dealkylation sites (tertiary alicyclic amines) is 1. The Balaban J connectivity index is 1.60. The van der Waals surface area contributed by atoms with Gasteiger partial charge in [-0.05, 0) is 19.4 Å². The normalized spacial score (nSPS) is 18.4. The molecule has 2 heterocycles. The van der Waals surface area contributed by atoms with Crippen molar-refractivity contribution in [1.82, 2.24) is 20.0 Å². The number of aryl methyl sites for hydroxylation is 1. The van der Waals surface area contributed by atoms with Gasteiger partial charge in [-0.15, -0.1) is 0 Å². The number of rotatable bonds is 5. The second-order valence-electron chi connectivity index (χ2n) is 6.70. The van der Waals surface area contributed by atoms with Gasteiger partial charge in [0.1, 0.15) is 0 Å². The van der Waals surface area contributed by atoms with E-state index in [0.29, 0.717) is 13.1 Å². The molecule has 2 aromatic rings. The number of carbonyl (C=O) groups is 2.